The van der Waals surface area contributed by atoms with Crippen LogP contribution in [-0.2, 0) is 19.6 Å². The van der Waals surface area contributed by atoms with E-state index in [0.717, 1.165) is 4.31 Å². The van der Waals surface area contributed by atoms with Gasteiger partial charge in [0.25, 0.3) is 10.0 Å². The summed E-state index contributed by atoms with van der Waals surface area (Å²) >= 11 is 0. The van der Waals surface area contributed by atoms with Crippen molar-refractivity contribution < 1.29 is 22.7 Å². The lowest BCUT2D eigenvalue weighted by atomic mass is 10.3. The average Bonchev–Trinajstić information content (AvgIpc) is 2.61. The molecule has 24 heavy (non-hydrogen) atoms. The van der Waals surface area contributed by atoms with Crippen molar-refractivity contribution in [3.05, 3.63) is 54.6 Å². The number of ether oxygens (including phenoxy) is 2. The molecule has 0 N–H and O–H groups in total. The zero-order valence-corrected chi connectivity index (χ0v) is 14.3. The van der Waals surface area contributed by atoms with Gasteiger partial charge in [-0.1, -0.05) is 18.2 Å². The van der Waals surface area contributed by atoms with Crippen molar-refractivity contribution in [2.75, 3.05) is 24.6 Å². The lowest BCUT2D eigenvalue weighted by molar-refractivity contribution is -0.138. The van der Waals surface area contributed by atoms with E-state index in [1.807, 2.05) is 6.92 Å². The van der Waals surface area contributed by atoms with E-state index < -0.39 is 22.5 Å². The van der Waals surface area contributed by atoms with Crippen LogP contribution in [0.5, 0.6) is 5.75 Å². The monoisotopic (exact) mass is 349 g/mol. The Morgan fingerprint density at radius 3 is 2.21 bits per heavy atom. The second-order valence-electron chi connectivity index (χ2n) is 4.83. The molecule has 0 aromatic heterocycles. The summed E-state index contributed by atoms with van der Waals surface area (Å²) in [6.07, 6.45) is 0. The number of carbonyl (C=O) groups excluding carboxylic acids is 1. The van der Waals surface area contributed by atoms with E-state index in [9.17, 15) is 13.2 Å². The van der Waals surface area contributed by atoms with E-state index in [4.69, 9.17) is 4.74 Å². The molecule has 0 heterocycles. The summed E-state index contributed by atoms with van der Waals surface area (Å²) in [4.78, 5) is 11.8. The number of nitrogens with zero attached hydrogens (tertiary/aromatic N) is 1. The van der Waals surface area contributed by atoms with E-state index in [1.165, 1.54) is 19.2 Å². The minimum absolute atomic E-state index is 0.0998. The van der Waals surface area contributed by atoms with Crippen LogP contribution < -0.4 is 9.04 Å². The molecule has 0 fully saturated rings. The van der Waals surface area contributed by atoms with Crippen molar-refractivity contribution >= 4 is 21.7 Å². The Labute approximate surface area is 141 Å². The van der Waals surface area contributed by atoms with Crippen LogP contribution in [0.4, 0.5) is 5.69 Å². The number of esters is 1. The topological polar surface area (TPSA) is 72.9 Å². The third-order valence-electron chi connectivity index (χ3n) is 3.27. The number of benzene rings is 2. The van der Waals surface area contributed by atoms with Gasteiger partial charge in [0.2, 0.25) is 0 Å². The Morgan fingerprint density at radius 2 is 1.67 bits per heavy atom. The molecule has 2 rings (SSSR count). The third-order valence-corrected chi connectivity index (χ3v) is 5.06. The molecule has 0 amide bonds. The fourth-order valence-electron chi connectivity index (χ4n) is 2.09. The van der Waals surface area contributed by atoms with E-state index in [0.29, 0.717) is 18.0 Å². The number of rotatable bonds is 7. The van der Waals surface area contributed by atoms with Gasteiger partial charge in [-0.3, -0.25) is 9.10 Å². The summed E-state index contributed by atoms with van der Waals surface area (Å²) in [6, 6.07) is 14.4. The Morgan fingerprint density at radius 1 is 1.04 bits per heavy atom. The highest BCUT2D eigenvalue weighted by Crippen LogP contribution is 2.25. The maximum Gasteiger partial charge on any atom is 0.326 e. The van der Waals surface area contributed by atoms with Gasteiger partial charge in [0.15, 0.2) is 0 Å². The quantitative estimate of drug-likeness (QED) is 0.718. The Balaban J connectivity index is 2.43. The minimum Gasteiger partial charge on any atom is -0.494 e. The van der Waals surface area contributed by atoms with Gasteiger partial charge in [0.1, 0.15) is 12.3 Å². The molecular weight excluding hydrogens is 330 g/mol. The molecule has 0 aliphatic heterocycles. The third kappa shape index (κ3) is 4.05. The van der Waals surface area contributed by atoms with Crippen LogP contribution in [-0.4, -0.2) is 34.6 Å². The zero-order chi connectivity index (χ0) is 17.6. The van der Waals surface area contributed by atoms with Gasteiger partial charge < -0.3 is 9.47 Å². The molecule has 0 aliphatic rings. The molecule has 0 unspecified atom stereocenters. The maximum absolute atomic E-state index is 12.9. The molecule has 2 aromatic rings. The first-order valence-electron chi connectivity index (χ1n) is 7.36. The van der Waals surface area contributed by atoms with Gasteiger partial charge in [-0.15, -0.1) is 0 Å². The molecule has 0 saturated heterocycles. The number of hydrogen-bond acceptors (Lipinski definition) is 5. The molecule has 2 aromatic carbocycles. The molecule has 128 valence electrons. The first kappa shape index (κ1) is 17.8. The summed E-state index contributed by atoms with van der Waals surface area (Å²) in [5.74, 6) is -0.0280. The average molecular weight is 349 g/mol. The normalized spacial score (nSPS) is 10.9. The van der Waals surface area contributed by atoms with E-state index >= 15 is 0 Å². The molecule has 0 radical (unpaired) electrons. The van der Waals surface area contributed by atoms with Crippen LogP contribution >= 0.6 is 0 Å². The number of carbonyl (C=O) groups is 1. The van der Waals surface area contributed by atoms with Gasteiger partial charge in [-0.05, 0) is 43.3 Å². The van der Waals surface area contributed by atoms with Crippen LogP contribution in [0.25, 0.3) is 0 Å². The summed E-state index contributed by atoms with van der Waals surface area (Å²) < 4.78 is 36.8. The molecule has 0 spiro atoms. The zero-order valence-electron chi connectivity index (χ0n) is 13.5. The number of hydrogen-bond donors (Lipinski definition) is 0. The number of anilines is 1. The highest BCUT2D eigenvalue weighted by Gasteiger charge is 2.27. The predicted molar refractivity (Wildman–Crippen MR) is 90.6 cm³/mol. The highest BCUT2D eigenvalue weighted by atomic mass is 32.2. The van der Waals surface area contributed by atoms with Gasteiger partial charge in [0, 0.05) is 0 Å². The highest BCUT2D eigenvalue weighted by molar-refractivity contribution is 7.92. The summed E-state index contributed by atoms with van der Waals surface area (Å²) in [7, 11) is -2.68. The largest absolute Gasteiger partial charge is 0.494 e. The van der Waals surface area contributed by atoms with Gasteiger partial charge in [-0.25, -0.2) is 8.42 Å². The Hall–Kier alpha value is -2.54. The van der Waals surface area contributed by atoms with Gasteiger partial charge in [0.05, 0.1) is 24.3 Å². The first-order valence-corrected chi connectivity index (χ1v) is 8.80. The number of sulfonamides is 1. The van der Waals surface area contributed by atoms with Crippen LogP contribution in [0.1, 0.15) is 6.92 Å². The maximum atomic E-state index is 12.9. The van der Waals surface area contributed by atoms with Crippen molar-refractivity contribution in [3.63, 3.8) is 0 Å². The van der Waals surface area contributed by atoms with Crippen LogP contribution in [0.3, 0.4) is 0 Å². The van der Waals surface area contributed by atoms with Crippen molar-refractivity contribution in [2.45, 2.75) is 11.8 Å². The van der Waals surface area contributed by atoms with Crippen LogP contribution in [0.15, 0.2) is 59.5 Å². The van der Waals surface area contributed by atoms with Gasteiger partial charge in [-0.2, -0.15) is 0 Å². The summed E-state index contributed by atoms with van der Waals surface area (Å²) in [6.45, 7) is 1.95. The van der Waals surface area contributed by atoms with E-state index in [2.05, 4.69) is 4.74 Å². The second kappa shape index (κ2) is 7.83. The first-order chi connectivity index (χ1) is 11.5. The molecule has 6 nitrogen and oxygen atoms in total. The smallest absolute Gasteiger partial charge is 0.326 e. The summed E-state index contributed by atoms with van der Waals surface area (Å²) in [5, 5.41) is 0. The minimum atomic E-state index is -3.89. The molecule has 0 saturated carbocycles. The number of methoxy groups -OCH3 is 1. The Bertz CT molecular complexity index is 772. The lowest BCUT2D eigenvalue weighted by Gasteiger charge is -2.23. The van der Waals surface area contributed by atoms with Crippen LogP contribution in [0, 0.1) is 0 Å². The van der Waals surface area contributed by atoms with Gasteiger partial charge >= 0.3 is 5.97 Å². The van der Waals surface area contributed by atoms with Crippen molar-refractivity contribution in [2.24, 2.45) is 0 Å². The summed E-state index contributed by atoms with van der Waals surface area (Å²) in [5.41, 5.74) is 0.354. The molecular formula is C17H19NO5S. The fourth-order valence-corrected chi connectivity index (χ4v) is 3.52. The van der Waals surface area contributed by atoms with Crippen LogP contribution in [0.2, 0.25) is 0 Å². The molecule has 0 aliphatic carbocycles. The lowest BCUT2D eigenvalue weighted by Crippen LogP contribution is -2.36. The second-order valence-corrected chi connectivity index (χ2v) is 6.69. The molecule has 0 atom stereocenters. The molecule has 0 bridgehead atoms. The predicted octanol–water partition coefficient (Wildman–Crippen LogP) is 2.45. The SMILES string of the molecule is CCOc1ccc(N(CC(=O)OC)S(=O)(=O)c2ccccc2)cc1. The molecule has 7 heteroatoms. The standard InChI is InChI=1S/C17H19NO5S/c1-3-23-15-11-9-14(10-12-15)18(13-17(19)22-2)24(20,21)16-7-5-4-6-8-16/h4-12H,3,13H2,1-2H3. The van der Waals surface area contributed by atoms with Crippen molar-refractivity contribution in [1.29, 1.82) is 0 Å². The Kier molecular flexibility index (Phi) is 5.81. The van der Waals surface area contributed by atoms with Crippen molar-refractivity contribution in [1.82, 2.24) is 0 Å². The van der Waals surface area contributed by atoms with E-state index in [-0.39, 0.29) is 4.90 Å². The fraction of sp³-hybridized carbons (Fsp3) is 0.235. The van der Waals surface area contributed by atoms with Crippen molar-refractivity contribution in [3.8, 4) is 5.75 Å². The van der Waals surface area contributed by atoms with E-state index in [1.54, 1.807) is 42.5 Å².